The summed E-state index contributed by atoms with van der Waals surface area (Å²) in [6.07, 6.45) is 7.09. The maximum absolute atomic E-state index is 14.0. The number of rotatable bonds is 5. The van der Waals surface area contributed by atoms with Gasteiger partial charge in [0.25, 0.3) is 0 Å². The molecule has 0 saturated heterocycles. The van der Waals surface area contributed by atoms with Crippen molar-refractivity contribution in [3.63, 3.8) is 0 Å². The van der Waals surface area contributed by atoms with Crippen molar-refractivity contribution in [1.29, 1.82) is 0 Å². The molecule has 18 heavy (non-hydrogen) atoms. The molecule has 1 atom stereocenters. The summed E-state index contributed by atoms with van der Waals surface area (Å²) in [5, 5.41) is 9.42. The van der Waals surface area contributed by atoms with Gasteiger partial charge in [-0.05, 0) is 43.4 Å². The molecule has 1 fully saturated rings. The molecule has 0 amide bonds. The molecule has 2 nitrogen and oxygen atoms in total. The van der Waals surface area contributed by atoms with Crippen molar-refractivity contribution in [3.05, 3.63) is 29.6 Å². The van der Waals surface area contributed by atoms with Gasteiger partial charge in [0, 0.05) is 6.54 Å². The van der Waals surface area contributed by atoms with Crippen LogP contribution in [-0.4, -0.2) is 18.2 Å². The number of aliphatic hydroxyl groups excluding tert-OH is 1. The van der Waals surface area contributed by atoms with Crippen molar-refractivity contribution in [3.8, 4) is 12.3 Å². The molecular weight excluding hydrogens is 229 g/mol. The molecule has 1 aliphatic rings. The van der Waals surface area contributed by atoms with Gasteiger partial charge < -0.3 is 10.0 Å². The Kier molecular flexibility index (Phi) is 3.88. The van der Waals surface area contributed by atoms with Gasteiger partial charge in [-0.25, -0.2) is 4.39 Å². The molecule has 1 saturated carbocycles. The molecule has 0 radical (unpaired) electrons. The third kappa shape index (κ3) is 3.02. The van der Waals surface area contributed by atoms with Gasteiger partial charge in [0.15, 0.2) is 0 Å². The topological polar surface area (TPSA) is 23.5 Å². The van der Waals surface area contributed by atoms with Crippen LogP contribution < -0.4 is 4.90 Å². The Morgan fingerprint density at radius 3 is 2.78 bits per heavy atom. The Balaban J connectivity index is 2.20. The Morgan fingerprint density at radius 1 is 1.56 bits per heavy atom. The van der Waals surface area contributed by atoms with Crippen molar-refractivity contribution in [2.75, 3.05) is 18.0 Å². The summed E-state index contributed by atoms with van der Waals surface area (Å²) in [7, 11) is 0. The molecule has 0 aliphatic heterocycles. The molecule has 1 N–H and O–H groups in total. The van der Waals surface area contributed by atoms with Gasteiger partial charge in [0.05, 0.1) is 18.3 Å². The zero-order valence-electron chi connectivity index (χ0n) is 10.6. The van der Waals surface area contributed by atoms with Gasteiger partial charge in [-0.1, -0.05) is 12.0 Å². The SMILES string of the molecule is C#CCN(CC1CC1)c1ccc(C(C)O)cc1F. The van der Waals surface area contributed by atoms with E-state index in [-0.39, 0.29) is 5.82 Å². The van der Waals surface area contributed by atoms with Crippen molar-refractivity contribution >= 4 is 5.69 Å². The maximum Gasteiger partial charge on any atom is 0.146 e. The lowest BCUT2D eigenvalue weighted by molar-refractivity contribution is 0.199. The second-order valence-electron chi connectivity index (χ2n) is 4.91. The van der Waals surface area contributed by atoms with Crippen LogP contribution in [0.25, 0.3) is 0 Å². The van der Waals surface area contributed by atoms with Crippen LogP contribution in [0, 0.1) is 24.1 Å². The second kappa shape index (κ2) is 5.41. The number of nitrogens with zero attached hydrogens (tertiary/aromatic N) is 1. The lowest BCUT2D eigenvalue weighted by Crippen LogP contribution is -2.27. The minimum absolute atomic E-state index is 0.315. The van der Waals surface area contributed by atoms with Crippen molar-refractivity contribution in [1.82, 2.24) is 0 Å². The number of halogens is 1. The van der Waals surface area contributed by atoms with E-state index in [2.05, 4.69) is 5.92 Å². The monoisotopic (exact) mass is 247 g/mol. The van der Waals surface area contributed by atoms with Crippen molar-refractivity contribution < 1.29 is 9.50 Å². The Bertz CT molecular complexity index is 460. The lowest BCUT2D eigenvalue weighted by atomic mass is 10.1. The van der Waals surface area contributed by atoms with Crippen LogP contribution in [0.4, 0.5) is 10.1 Å². The lowest BCUT2D eigenvalue weighted by Gasteiger charge is -2.23. The number of hydrogen-bond acceptors (Lipinski definition) is 2. The van der Waals surface area contributed by atoms with Crippen molar-refractivity contribution in [2.45, 2.75) is 25.9 Å². The number of benzene rings is 1. The molecule has 0 heterocycles. The summed E-state index contributed by atoms with van der Waals surface area (Å²) in [6, 6.07) is 4.84. The Hall–Kier alpha value is -1.53. The second-order valence-corrected chi connectivity index (χ2v) is 4.91. The number of anilines is 1. The maximum atomic E-state index is 14.0. The van der Waals surface area contributed by atoms with Crippen LogP contribution in [-0.2, 0) is 0 Å². The van der Waals surface area contributed by atoms with Gasteiger partial charge in [0.1, 0.15) is 5.82 Å². The van der Waals surface area contributed by atoms with Crippen LogP contribution in [0.3, 0.4) is 0 Å². The molecule has 96 valence electrons. The molecule has 2 rings (SSSR count). The first-order valence-corrected chi connectivity index (χ1v) is 6.27. The van der Waals surface area contributed by atoms with Crippen molar-refractivity contribution in [2.24, 2.45) is 5.92 Å². The molecule has 0 aromatic heterocycles. The third-order valence-corrected chi connectivity index (χ3v) is 3.25. The highest BCUT2D eigenvalue weighted by Gasteiger charge is 2.25. The van der Waals surface area contributed by atoms with Crippen LogP contribution >= 0.6 is 0 Å². The molecule has 1 unspecified atom stereocenters. The zero-order chi connectivity index (χ0) is 13.1. The molecule has 1 aromatic carbocycles. The van der Waals surface area contributed by atoms with Gasteiger partial charge >= 0.3 is 0 Å². The average Bonchev–Trinajstić information content (AvgIpc) is 3.12. The summed E-state index contributed by atoms with van der Waals surface area (Å²) >= 11 is 0. The van der Waals surface area contributed by atoms with E-state index in [0.29, 0.717) is 23.7 Å². The molecule has 0 spiro atoms. The predicted octanol–water partition coefficient (Wildman–Crippen LogP) is 2.73. The molecule has 0 bridgehead atoms. The largest absolute Gasteiger partial charge is 0.389 e. The van der Waals surface area contributed by atoms with Gasteiger partial charge in [-0.2, -0.15) is 0 Å². The first kappa shape index (κ1) is 12.9. The van der Waals surface area contributed by atoms with Gasteiger partial charge in [-0.15, -0.1) is 6.42 Å². The standard InChI is InChI=1S/C15H18FNO/c1-3-8-17(10-12-4-5-12)15-7-6-13(11(2)18)9-14(15)16/h1,6-7,9,11-12,18H,4-5,8,10H2,2H3. The summed E-state index contributed by atoms with van der Waals surface area (Å²) < 4.78 is 14.0. The van der Waals surface area contributed by atoms with Crippen LogP contribution in [0.1, 0.15) is 31.4 Å². The van der Waals surface area contributed by atoms with Gasteiger partial charge in [0.2, 0.25) is 0 Å². The highest BCUT2D eigenvalue weighted by atomic mass is 19.1. The molecule has 1 aromatic rings. The molecular formula is C15H18FNO. The highest BCUT2D eigenvalue weighted by molar-refractivity contribution is 5.50. The summed E-state index contributed by atoms with van der Waals surface area (Å²) in [5.41, 5.74) is 1.12. The van der Waals surface area contributed by atoms with E-state index >= 15 is 0 Å². The number of hydrogen-bond donors (Lipinski definition) is 1. The Labute approximate surface area is 107 Å². The Morgan fingerprint density at radius 2 is 2.28 bits per heavy atom. The van der Waals surface area contributed by atoms with E-state index in [1.54, 1.807) is 19.1 Å². The number of terminal acetylenes is 1. The summed E-state index contributed by atoms with van der Waals surface area (Å²) in [5.74, 6) is 2.91. The minimum Gasteiger partial charge on any atom is -0.389 e. The van der Waals surface area contributed by atoms with E-state index in [0.717, 1.165) is 6.54 Å². The third-order valence-electron chi connectivity index (χ3n) is 3.25. The summed E-state index contributed by atoms with van der Waals surface area (Å²) in [4.78, 5) is 1.90. The van der Waals surface area contributed by atoms with E-state index in [9.17, 15) is 9.50 Å². The van der Waals surface area contributed by atoms with E-state index < -0.39 is 6.10 Å². The highest BCUT2D eigenvalue weighted by Crippen LogP contribution is 2.32. The first-order valence-electron chi connectivity index (χ1n) is 6.27. The molecule has 3 heteroatoms. The molecule has 1 aliphatic carbocycles. The quantitative estimate of drug-likeness (QED) is 0.809. The normalized spacial score (nSPS) is 16.1. The summed E-state index contributed by atoms with van der Waals surface area (Å²) in [6.45, 7) is 2.86. The predicted molar refractivity (Wildman–Crippen MR) is 70.8 cm³/mol. The van der Waals surface area contributed by atoms with E-state index in [1.807, 2.05) is 4.90 Å². The zero-order valence-corrected chi connectivity index (χ0v) is 10.6. The van der Waals surface area contributed by atoms with Gasteiger partial charge in [-0.3, -0.25) is 0 Å². The first-order chi connectivity index (χ1) is 8.61. The fraction of sp³-hybridized carbons (Fsp3) is 0.467. The smallest absolute Gasteiger partial charge is 0.146 e. The fourth-order valence-electron chi connectivity index (χ4n) is 2.01. The fourth-order valence-corrected chi connectivity index (χ4v) is 2.01. The van der Waals surface area contributed by atoms with Crippen LogP contribution in [0.15, 0.2) is 18.2 Å². The van der Waals surface area contributed by atoms with Crippen LogP contribution in [0.2, 0.25) is 0 Å². The van der Waals surface area contributed by atoms with E-state index in [4.69, 9.17) is 6.42 Å². The number of aliphatic hydroxyl groups is 1. The minimum atomic E-state index is -0.655. The van der Waals surface area contributed by atoms with E-state index in [1.165, 1.54) is 18.9 Å². The van der Waals surface area contributed by atoms with Crippen LogP contribution in [0.5, 0.6) is 0 Å². The average molecular weight is 247 g/mol.